The topological polar surface area (TPSA) is 58.6 Å². The van der Waals surface area contributed by atoms with E-state index in [1.807, 2.05) is 0 Å². The maximum absolute atomic E-state index is 10.3. The van der Waals surface area contributed by atoms with Gasteiger partial charge in [0.15, 0.2) is 0 Å². The predicted molar refractivity (Wildman–Crippen MR) is 24.3 cm³/mol. The molecule has 4 nitrogen and oxygen atoms in total. The number of hydrogen-bond acceptors (Lipinski definition) is 3. The number of hydrogen-bond donors (Lipinski definition) is 2. The van der Waals surface area contributed by atoms with Crippen molar-refractivity contribution in [3.05, 3.63) is 0 Å². The highest BCUT2D eigenvalue weighted by molar-refractivity contribution is 5.80. The van der Waals surface area contributed by atoms with Crippen molar-refractivity contribution < 1.29 is 14.7 Å². The van der Waals surface area contributed by atoms with E-state index in [1.165, 1.54) is 5.48 Å². The van der Waals surface area contributed by atoms with Gasteiger partial charge in [-0.2, -0.15) is 0 Å². The second-order valence-electron chi connectivity index (χ2n) is 1.62. The average Bonchev–Trinajstić information content (AvgIpc) is 1.62. The fraction of sp³-hybridized carbons (Fsp3) is 0.750. The zero-order valence-corrected chi connectivity index (χ0v) is 4.26. The van der Waals surface area contributed by atoms with Gasteiger partial charge < -0.3 is 4.74 Å². The second kappa shape index (κ2) is 2.11. The summed E-state index contributed by atoms with van der Waals surface area (Å²) >= 11 is 0. The summed E-state index contributed by atoms with van der Waals surface area (Å²) < 4.78 is 4.71. The number of carbonyl (C=O) groups excluding carboxylic acids is 1. The zero-order chi connectivity index (χ0) is 5.98. The molecule has 1 aliphatic rings. The van der Waals surface area contributed by atoms with Gasteiger partial charge >= 0.3 is 0 Å². The van der Waals surface area contributed by atoms with Gasteiger partial charge in [-0.3, -0.25) is 10.0 Å². The number of ether oxygens (including phenoxy) is 1. The molecule has 0 spiro atoms. The fourth-order valence-electron chi connectivity index (χ4n) is 0.514. The summed E-state index contributed by atoms with van der Waals surface area (Å²) in [7, 11) is 0. The molecule has 1 aliphatic heterocycles. The highest BCUT2D eigenvalue weighted by atomic mass is 16.5. The Morgan fingerprint density at radius 1 is 1.88 bits per heavy atom. The summed E-state index contributed by atoms with van der Waals surface area (Å²) in [4.78, 5) is 10.3. The Morgan fingerprint density at radius 3 is 2.62 bits per heavy atom. The predicted octanol–water partition coefficient (Wildman–Crippen LogP) is -0.719. The quantitative estimate of drug-likeness (QED) is 0.352. The van der Waals surface area contributed by atoms with E-state index < -0.39 is 12.0 Å². The summed E-state index contributed by atoms with van der Waals surface area (Å²) in [6, 6.07) is 0. The standard InChI is InChI=1S/C4H7NO3/c6-4(5-7)3-1-2-8-3/h3,7H,1-2H2,(H,5,6). The van der Waals surface area contributed by atoms with Gasteiger partial charge in [-0.05, 0) is 0 Å². The van der Waals surface area contributed by atoms with Crippen molar-refractivity contribution in [1.82, 2.24) is 5.48 Å². The van der Waals surface area contributed by atoms with Gasteiger partial charge in [0, 0.05) is 6.42 Å². The Labute approximate surface area is 46.4 Å². The fourth-order valence-corrected chi connectivity index (χ4v) is 0.514. The molecule has 1 atom stereocenters. The average molecular weight is 117 g/mol. The molecule has 0 saturated carbocycles. The minimum Gasteiger partial charge on any atom is -0.368 e. The van der Waals surface area contributed by atoms with E-state index in [-0.39, 0.29) is 0 Å². The Hall–Kier alpha value is -0.610. The minimum atomic E-state index is -0.448. The molecular formula is C4H7NO3. The number of amides is 1. The molecule has 1 unspecified atom stereocenters. The molecular weight excluding hydrogens is 110 g/mol. The molecule has 1 heterocycles. The van der Waals surface area contributed by atoms with Crippen molar-refractivity contribution >= 4 is 5.91 Å². The van der Waals surface area contributed by atoms with E-state index >= 15 is 0 Å². The molecule has 0 radical (unpaired) electrons. The zero-order valence-electron chi connectivity index (χ0n) is 4.26. The molecule has 4 heteroatoms. The van der Waals surface area contributed by atoms with Crippen LogP contribution in [0.1, 0.15) is 6.42 Å². The molecule has 46 valence electrons. The maximum atomic E-state index is 10.3. The lowest BCUT2D eigenvalue weighted by atomic mass is 10.2. The molecule has 1 amide bonds. The smallest absolute Gasteiger partial charge is 0.272 e. The monoisotopic (exact) mass is 117 g/mol. The molecule has 2 N–H and O–H groups in total. The second-order valence-corrected chi connectivity index (χ2v) is 1.62. The normalized spacial score (nSPS) is 26.4. The van der Waals surface area contributed by atoms with Crippen molar-refractivity contribution in [3.63, 3.8) is 0 Å². The largest absolute Gasteiger partial charge is 0.368 e. The van der Waals surface area contributed by atoms with Crippen LogP contribution >= 0.6 is 0 Å². The first-order valence-corrected chi connectivity index (χ1v) is 2.40. The van der Waals surface area contributed by atoms with E-state index in [2.05, 4.69) is 0 Å². The molecule has 0 aromatic heterocycles. The van der Waals surface area contributed by atoms with Crippen molar-refractivity contribution in [1.29, 1.82) is 0 Å². The lowest BCUT2D eigenvalue weighted by Crippen LogP contribution is -2.41. The van der Waals surface area contributed by atoms with Crippen LogP contribution in [0.5, 0.6) is 0 Å². The van der Waals surface area contributed by atoms with Gasteiger partial charge in [0.2, 0.25) is 0 Å². The van der Waals surface area contributed by atoms with Crippen molar-refractivity contribution in [2.75, 3.05) is 6.61 Å². The lowest BCUT2D eigenvalue weighted by molar-refractivity contribution is -0.153. The molecule has 1 fully saturated rings. The van der Waals surface area contributed by atoms with Crippen LogP contribution in [0.25, 0.3) is 0 Å². The Bertz CT molecular complexity index is 99.5. The van der Waals surface area contributed by atoms with Crippen LogP contribution in [0.15, 0.2) is 0 Å². The SMILES string of the molecule is O=C(NO)C1CCO1. The third-order valence-electron chi connectivity index (χ3n) is 1.10. The third-order valence-corrected chi connectivity index (χ3v) is 1.10. The molecule has 1 saturated heterocycles. The Balaban J connectivity index is 2.24. The first kappa shape index (κ1) is 5.53. The molecule has 0 aliphatic carbocycles. The van der Waals surface area contributed by atoms with Gasteiger partial charge in [0.25, 0.3) is 5.91 Å². The van der Waals surface area contributed by atoms with Gasteiger partial charge in [0.05, 0.1) is 6.61 Å². The number of carbonyl (C=O) groups is 1. The number of hydroxylamine groups is 1. The van der Waals surface area contributed by atoms with Crippen molar-refractivity contribution in [2.45, 2.75) is 12.5 Å². The molecule has 0 aromatic rings. The van der Waals surface area contributed by atoms with E-state index in [4.69, 9.17) is 9.94 Å². The van der Waals surface area contributed by atoms with E-state index in [9.17, 15) is 4.79 Å². The number of rotatable bonds is 1. The highest BCUT2D eigenvalue weighted by Gasteiger charge is 2.25. The summed E-state index contributed by atoms with van der Waals surface area (Å²) in [6.07, 6.45) is 0.312. The van der Waals surface area contributed by atoms with Crippen molar-refractivity contribution in [3.8, 4) is 0 Å². The first-order chi connectivity index (χ1) is 3.84. The van der Waals surface area contributed by atoms with Gasteiger partial charge in [-0.25, -0.2) is 5.48 Å². The summed E-state index contributed by atoms with van der Waals surface area (Å²) in [5.41, 5.74) is 1.50. The van der Waals surface area contributed by atoms with Crippen LogP contribution in [0.2, 0.25) is 0 Å². The van der Waals surface area contributed by atoms with E-state index in [0.717, 1.165) is 0 Å². The van der Waals surface area contributed by atoms with Crippen LogP contribution < -0.4 is 5.48 Å². The lowest BCUT2D eigenvalue weighted by Gasteiger charge is -2.23. The molecule has 8 heavy (non-hydrogen) atoms. The van der Waals surface area contributed by atoms with Gasteiger partial charge in [-0.1, -0.05) is 0 Å². The summed E-state index contributed by atoms with van der Waals surface area (Å²) in [6.45, 7) is 0.623. The van der Waals surface area contributed by atoms with Gasteiger partial charge in [-0.15, -0.1) is 0 Å². The van der Waals surface area contributed by atoms with Crippen LogP contribution in [0, 0.1) is 0 Å². The Morgan fingerprint density at radius 2 is 2.50 bits per heavy atom. The van der Waals surface area contributed by atoms with Crippen LogP contribution in [-0.4, -0.2) is 23.8 Å². The number of nitrogens with one attached hydrogen (secondary N) is 1. The summed E-state index contributed by atoms with van der Waals surface area (Å²) in [5, 5.41) is 7.99. The molecule has 1 rings (SSSR count). The minimum absolute atomic E-state index is 0.403. The van der Waals surface area contributed by atoms with E-state index in [0.29, 0.717) is 13.0 Å². The Kier molecular flexibility index (Phi) is 1.45. The van der Waals surface area contributed by atoms with Crippen LogP contribution in [-0.2, 0) is 9.53 Å². The van der Waals surface area contributed by atoms with Crippen LogP contribution in [0.4, 0.5) is 0 Å². The summed E-state index contributed by atoms with van der Waals surface area (Å²) in [5.74, 6) is -0.448. The highest BCUT2D eigenvalue weighted by Crippen LogP contribution is 2.09. The first-order valence-electron chi connectivity index (χ1n) is 2.40. The van der Waals surface area contributed by atoms with Gasteiger partial charge in [0.1, 0.15) is 6.10 Å². The third kappa shape index (κ3) is 0.801. The molecule has 0 bridgehead atoms. The molecule has 0 aromatic carbocycles. The van der Waals surface area contributed by atoms with Crippen LogP contribution in [0.3, 0.4) is 0 Å². The van der Waals surface area contributed by atoms with Crippen molar-refractivity contribution in [2.24, 2.45) is 0 Å². The van der Waals surface area contributed by atoms with E-state index in [1.54, 1.807) is 0 Å². The maximum Gasteiger partial charge on any atom is 0.272 e.